The average molecular weight is 379 g/mol. The lowest BCUT2D eigenvalue weighted by Gasteiger charge is -2.42. The number of amides is 2. The first-order valence-corrected chi connectivity index (χ1v) is 9.87. The molecule has 0 unspecified atom stereocenters. The molecule has 4 rings (SSSR count). The topological polar surface area (TPSA) is 71.5 Å². The van der Waals surface area contributed by atoms with Crippen molar-refractivity contribution < 1.29 is 14.3 Å². The summed E-state index contributed by atoms with van der Waals surface area (Å²) in [7, 11) is 0. The van der Waals surface area contributed by atoms with E-state index in [2.05, 4.69) is 10.3 Å². The summed E-state index contributed by atoms with van der Waals surface area (Å²) in [6.07, 6.45) is 5.77. The van der Waals surface area contributed by atoms with E-state index in [0.29, 0.717) is 37.9 Å². The van der Waals surface area contributed by atoms with Crippen LogP contribution in [0.1, 0.15) is 54.6 Å². The Bertz CT molecular complexity index is 870. The number of benzene rings is 1. The van der Waals surface area contributed by atoms with Crippen LogP contribution >= 0.6 is 0 Å². The van der Waals surface area contributed by atoms with Crippen LogP contribution in [-0.4, -0.2) is 40.4 Å². The second kappa shape index (κ2) is 7.62. The number of pyridine rings is 1. The van der Waals surface area contributed by atoms with E-state index < -0.39 is 5.60 Å². The van der Waals surface area contributed by atoms with Crippen molar-refractivity contribution in [1.82, 2.24) is 15.2 Å². The number of ether oxygens (including phenoxy) is 1. The number of carbonyl (C=O) groups excluding carboxylic acids is 2. The summed E-state index contributed by atoms with van der Waals surface area (Å²) in [4.78, 5) is 31.0. The van der Waals surface area contributed by atoms with Crippen molar-refractivity contribution in [2.24, 2.45) is 0 Å². The fourth-order valence-corrected chi connectivity index (χ4v) is 4.21. The molecule has 2 aliphatic heterocycles. The normalized spacial score (nSPS) is 24.2. The van der Waals surface area contributed by atoms with E-state index in [9.17, 15) is 9.59 Å². The van der Waals surface area contributed by atoms with E-state index in [4.69, 9.17) is 4.74 Å². The van der Waals surface area contributed by atoms with Gasteiger partial charge in [0.05, 0.1) is 11.6 Å². The monoisotopic (exact) mass is 379 g/mol. The van der Waals surface area contributed by atoms with Crippen LogP contribution in [0.15, 0.2) is 48.8 Å². The van der Waals surface area contributed by atoms with Gasteiger partial charge in [-0.2, -0.15) is 0 Å². The molecule has 28 heavy (non-hydrogen) atoms. The van der Waals surface area contributed by atoms with Crippen LogP contribution in [0, 0.1) is 0 Å². The van der Waals surface area contributed by atoms with Gasteiger partial charge in [0, 0.05) is 50.3 Å². The van der Waals surface area contributed by atoms with Gasteiger partial charge in [-0.15, -0.1) is 0 Å². The smallest absolute Gasteiger partial charge is 0.253 e. The van der Waals surface area contributed by atoms with Gasteiger partial charge in [-0.1, -0.05) is 18.2 Å². The Kier molecular flexibility index (Phi) is 5.03. The van der Waals surface area contributed by atoms with E-state index >= 15 is 0 Å². The predicted molar refractivity (Wildman–Crippen MR) is 105 cm³/mol. The fourth-order valence-electron chi connectivity index (χ4n) is 4.21. The van der Waals surface area contributed by atoms with E-state index in [1.54, 1.807) is 24.5 Å². The number of rotatable bonds is 3. The highest BCUT2D eigenvalue weighted by Gasteiger charge is 2.43. The molecule has 0 saturated carbocycles. The number of carbonyl (C=O) groups is 2. The molecule has 1 aromatic heterocycles. The van der Waals surface area contributed by atoms with Gasteiger partial charge >= 0.3 is 0 Å². The number of para-hydroxylation sites is 1. The third-order valence-electron chi connectivity index (χ3n) is 5.79. The first kappa shape index (κ1) is 18.5. The van der Waals surface area contributed by atoms with Crippen molar-refractivity contribution in [1.29, 1.82) is 0 Å². The molecule has 1 aromatic carbocycles. The highest BCUT2D eigenvalue weighted by atomic mass is 16.5. The van der Waals surface area contributed by atoms with Gasteiger partial charge in [-0.05, 0) is 31.5 Å². The van der Waals surface area contributed by atoms with Gasteiger partial charge in [0.1, 0.15) is 11.4 Å². The third-order valence-corrected chi connectivity index (χ3v) is 5.79. The number of aromatic nitrogens is 1. The molecule has 0 aliphatic carbocycles. The first-order valence-electron chi connectivity index (χ1n) is 9.87. The minimum absolute atomic E-state index is 0.148. The van der Waals surface area contributed by atoms with Crippen molar-refractivity contribution in [3.05, 3.63) is 59.9 Å². The summed E-state index contributed by atoms with van der Waals surface area (Å²) in [6.45, 7) is 3.40. The number of fused-ring (bicyclic) bond motifs is 1. The Hall–Kier alpha value is -2.89. The van der Waals surface area contributed by atoms with Crippen molar-refractivity contribution in [2.75, 3.05) is 13.1 Å². The van der Waals surface area contributed by atoms with E-state index in [1.807, 2.05) is 36.1 Å². The molecule has 2 amide bonds. The summed E-state index contributed by atoms with van der Waals surface area (Å²) in [5, 5.41) is 3.16. The zero-order chi connectivity index (χ0) is 19.6. The molecule has 2 aromatic rings. The number of nitrogens with zero attached hydrogens (tertiary/aromatic N) is 2. The molecule has 2 atom stereocenters. The Labute approximate surface area is 164 Å². The lowest BCUT2D eigenvalue weighted by atomic mass is 9.82. The summed E-state index contributed by atoms with van der Waals surface area (Å²) in [5.74, 6) is 0.824. The molecule has 0 radical (unpaired) electrons. The standard InChI is InChI=1S/C22H25N3O3/c1-2-25-13-11-22(10-9-20(25)26)14-18(17-7-3-4-8-19(17)28-22)24-21(27)16-6-5-12-23-15-16/h3-8,12,15,18H,2,9-11,13-14H2,1H3,(H,24,27)/t18-,22-/m1/s1. The van der Waals surface area contributed by atoms with Crippen LogP contribution < -0.4 is 10.1 Å². The maximum absolute atomic E-state index is 12.8. The number of nitrogens with one attached hydrogen (secondary N) is 1. The minimum Gasteiger partial charge on any atom is -0.487 e. The van der Waals surface area contributed by atoms with Crippen LogP contribution in [0.4, 0.5) is 0 Å². The van der Waals surface area contributed by atoms with Crippen LogP contribution in [0.25, 0.3) is 0 Å². The van der Waals surface area contributed by atoms with Crippen molar-refractivity contribution in [3.8, 4) is 5.75 Å². The number of likely N-dealkylation sites (tertiary alicyclic amines) is 1. The lowest BCUT2D eigenvalue weighted by Crippen LogP contribution is -2.46. The van der Waals surface area contributed by atoms with E-state index in [1.165, 1.54) is 0 Å². The second-order valence-electron chi connectivity index (χ2n) is 7.52. The molecular weight excluding hydrogens is 354 g/mol. The van der Waals surface area contributed by atoms with Gasteiger partial charge in [-0.3, -0.25) is 14.6 Å². The second-order valence-corrected chi connectivity index (χ2v) is 7.52. The average Bonchev–Trinajstić information content (AvgIpc) is 2.87. The van der Waals surface area contributed by atoms with Crippen LogP contribution in [0.5, 0.6) is 5.75 Å². The Balaban J connectivity index is 1.61. The van der Waals surface area contributed by atoms with Crippen LogP contribution in [-0.2, 0) is 4.79 Å². The van der Waals surface area contributed by atoms with E-state index in [-0.39, 0.29) is 17.9 Å². The molecule has 1 fully saturated rings. The van der Waals surface area contributed by atoms with Crippen LogP contribution in [0.2, 0.25) is 0 Å². The van der Waals surface area contributed by atoms with Gasteiger partial charge in [-0.25, -0.2) is 0 Å². The highest BCUT2D eigenvalue weighted by molar-refractivity contribution is 5.94. The Morgan fingerprint density at radius 1 is 1.29 bits per heavy atom. The maximum Gasteiger partial charge on any atom is 0.253 e. The molecule has 6 heteroatoms. The Morgan fingerprint density at radius 3 is 2.93 bits per heavy atom. The predicted octanol–water partition coefficient (Wildman–Crippen LogP) is 3.11. The van der Waals surface area contributed by atoms with Gasteiger partial charge in [0.2, 0.25) is 5.91 Å². The SMILES string of the molecule is CCN1CC[C@]2(CCC1=O)C[C@@H](NC(=O)c1cccnc1)c1ccccc1O2. The van der Waals surface area contributed by atoms with Gasteiger partial charge in [0.15, 0.2) is 0 Å². The molecular formula is C22H25N3O3. The summed E-state index contributed by atoms with van der Waals surface area (Å²) >= 11 is 0. The molecule has 1 spiro atoms. The lowest BCUT2D eigenvalue weighted by molar-refractivity contribution is -0.130. The largest absolute Gasteiger partial charge is 0.487 e. The van der Waals surface area contributed by atoms with E-state index in [0.717, 1.165) is 17.7 Å². The molecule has 2 aliphatic rings. The molecule has 1 saturated heterocycles. The fraction of sp³-hybridized carbons (Fsp3) is 0.409. The Morgan fingerprint density at radius 2 is 2.14 bits per heavy atom. The first-order chi connectivity index (χ1) is 13.6. The quantitative estimate of drug-likeness (QED) is 0.890. The molecule has 3 heterocycles. The minimum atomic E-state index is -0.444. The maximum atomic E-state index is 12.8. The molecule has 6 nitrogen and oxygen atoms in total. The summed E-state index contributed by atoms with van der Waals surface area (Å²) < 4.78 is 6.46. The zero-order valence-corrected chi connectivity index (χ0v) is 16.1. The summed E-state index contributed by atoms with van der Waals surface area (Å²) in [6, 6.07) is 11.2. The zero-order valence-electron chi connectivity index (χ0n) is 16.1. The van der Waals surface area contributed by atoms with Crippen LogP contribution in [0.3, 0.4) is 0 Å². The number of hydrogen-bond donors (Lipinski definition) is 1. The van der Waals surface area contributed by atoms with Gasteiger partial charge in [0.25, 0.3) is 5.91 Å². The molecule has 146 valence electrons. The third kappa shape index (κ3) is 3.59. The van der Waals surface area contributed by atoms with Crippen molar-refractivity contribution in [2.45, 2.75) is 44.2 Å². The molecule has 1 N–H and O–H groups in total. The highest BCUT2D eigenvalue weighted by Crippen LogP contribution is 2.44. The molecule has 0 bridgehead atoms. The van der Waals surface area contributed by atoms with Crippen molar-refractivity contribution >= 4 is 11.8 Å². The summed E-state index contributed by atoms with van der Waals surface area (Å²) in [5.41, 5.74) is 1.07. The van der Waals surface area contributed by atoms with Gasteiger partial charge < -0.3 is 15.0 Å². The number of hydrogen-bond acceptors (Lipinski definition) is 4. The van der Waals surface area contributed by atoms with Crippen molar-refractivity contribution in [3.63, 3.8) is 0 Å².